The van der Waals surface area contributed by atoms with Crippen molar-refractivity contribution in [2.24, 2.45) is 5.73 Å². The molecule has 0 bridgehead atoms. The minimum Gasteiger partial charge on any atom is -0.322 e. The third-order valence-corrected chi connectivity index (χ3v) is 3.10. The average Bonchev–Trinajstić information content (AvgIpc) is 1.83. The van der Waals surface area contributed by atoms with Crippen LogP contribution in [0, 0.1) is 0 Å². The van der Waals surface area contributed by atoms with E-state index in [0.717, 1.165) is 4.48 Å². The first-order valence-electron chi connectivity index (χ1n) is 3.03. The largest absolute Gasteiger partial charge is 0.322 e. The summed E-state index contributed by atoms with van der Waals surface area (Å²) in [5.74, 6) is 0. The molecule has 0 saturated heterocycles. The van der Waals surface area contributed by atoms with Gasteiger partial charge in [-0.25, -0.2) is 0 Å². The average molecular weight is 267 g/mol. The molecule has 0 saturated carbocycles. The first-order valence-corrected chi connectivity index (χ1v) is 4.62. The first-order chi connectivity index (χ1) is 4.54. The van der Waals surface area contributed by atoms with Gasteiger partial charge in [0.15, 0.2) is 0 Å². The fourth-order valence-electron chi connectivity index (χ4n) is 0.805. The maximum absolute atomic E-state index is 5.84. The number of hydrogen-bond acceptors (Lipinski definition) is 1. The fourth-order valence-corrected chi connectivity index (χ4v) is 2.14. The maximum atomic E-state index is 5.84. The standard InChI is InChI=1S/C7H9Br2N/c1-7(9)4-2-3-5(8)6(7)10/h2-4,6H,10H2,1H3. The van der Waals surface area contributed by atoms with Crippen molar-refractivity contribution in [2.45, 2.75) is 17.3 Å². The number of rotatable bonds is 0. The highest BCUT2D eigenvalue weighted by Gasteiger charge is 2.29. The van der Waals surface area contributed by atoms with E-state index in [-0.39, 0.29) is 10.4 Å². The second-order valence-corrected chi connectivity index (χ2v) is 5.16. The van der Waals surface area contributed by atoms with Crippen molar-refractivity contribution in [3.63, 3.8) is 0 Å². The molecule has 0 aromatic carbocycles. The predicted octanol–water partition coefficient (Wildman–Crippen LogP) is 2.32. The van der Waals surface area contributed by atoms with E-state index in [1.807, 2.05) is 25.2 Å². The van der Waals surface area contributed by atoms with Crippen molar-refractivity contribution in [3.05, 3.63) is 22.7 Å². The monoisotopic (exact) mass is 265 g/mol. The van der Waals surface area contributed by atoms with Gasteiger partial charge in [-0.2, -0.15) is 0 Å². The lowest BCUT2D eigenvalue weighted by atomic mass is 9.98. The van der Waals surface area contributed by atoms with Gasteiger partial charge in [-0.1, -0.05) is 50.1 Å². The smallest absolute Gasteiger partial charge is 0.0609 e. The van der Waals surface area contributed by atoms with Gasteiger partial charge in [-0.15, -0.1) is 0 Å². The molecule has 1 aliphatic carbocycles. The quantitative estimate of drug-likeness (QED) is 0.669. The molecule has 0 fully saturated rings. The van der Waals surface area contributed by atoms with E-state index in [2.05, 4.69) is 31.9 Å². The van der Waals surface area contributed by atoms with Crippen molar-refractivity contribution in [1.29, 1.82) is 0 Å². The first kappa shape index (κ1) is 8.50. The molecular weight excluding hydrogens is 258 g/mol. The Hall–Kier alpha value is 0.400. The molecular formula is C7H9Br2N. The van der Waals surface area contributed by atoms with E-state index in [9.17, 15) is 0 Å². The van der Waals surface area contributed by atoms with E-state index in [1.165, 1.54) is 0 Å². The summed E-state index contributed by atoms with van der Waals surface area (Å²) < 4.78 is 0.940. The molecule has 3 heteroatoms. The summed E-state index contributed by atoms with van der Waals surface area (Å²) in [6, 6.07) is 0.0255. The third kappa shape index (κ3) is 1.52. The van der Waals surface area contributed by atoms with Crippen LogP contribution in [0.2, 0.25) is 0 Å². The Balaban J connectivity index is 2.89. The molecule has 0 amide bonds. The predicted molar refractivity (Wildman–Crippen MR) is 51.5 cm³/mol. The van der Waals surface area contributed by atoms with Gasteiger partial charge in [0, 0.05) is 4.48 Å². The van der Waals surface area contributed by atoms with E-state index in [4.69, 9.17) is 5.73 Å². The fraction of sp³-hybridized carbons (Fsp3) is 0.429. The number of hydrogen-bond donors (Lipinski definition) is 1. The summed E-state index contributed by atoms with van der Waals surface area (Å²) in [6.45, 7) is 2.04. The molecule has 0 aliphatic heterocycles. The molecule has 2 N–H and O–H groups in total. The van der Waals surface area contributed by atoms with Gasteiger partial charge < -0.3 is 5.73 Å². The molecule has 0 aromatic heterocycles. The van der Waals surface area contributed by atoms with Gasteiger partial charge in [0.2, 0.25) is 0 Å². The van der Waals surface area contributed by atoms with Crippen LogP contribution in [0.5, 0.6) is 0 Å². The molecule has 1 nitrogen and oxygen atoms in total. The van der Waals surface area contributed by atoms with Crippen LogP contribution < -0.4 is 5.73 Å². The SMILES string of the molecule is CC1(Br)C=CC=C(Br)C1N. The Morgan fingerprint density at radius 3 is 2.70 bits per heavy atom. The zero-order valence-corrected chi connectivity index (χ0v) is 8.81. The zero-order valence-electron chi connectivity index (χ0n) is 5.64. The third-order valence-electron chi connectivity index (χ3n) is 1.58. The Kier molecular flexibility index (Phi) is 2.38. The van der Waals surface area contributed by atoms with Gasteiger partial charge in [0.1, 0.15) is 0 Å². The molecule has 0 heterocycles. The van der Waals surface area contributed by atoms with Crippen LogP contribution in [0.15, 0.2) is 22.7 Å². The number of alkyl halides is 1. The lowest BCUT2D eigenvalue weighted by Crippen LogP contribution is -2.40. The van der Waals surface area contributed by atoms with Crippen LogP contribution in [-0.4, -0.2) is 10.4 Å². The van der Waals surface area contributed by atoms with Gasteiger partial charge in [-0.3, -0.25) is 0 Å². The minimum atomic E-state index is -0.0966. The lowest BCUT2D eigenvalue weighted by Gasteiger charge is -2.28. The minimum absolute atomic E-state index is 0.0255. The summed E-state index contributed by atoms with van der Waals surface area (Å²) in [4.78, 5) is 0. The highest BCUT2D eigenvalue weighted by atomic mass is 79.9. The number of allylic oxidation sites excluding steroid dienone is 2. The van der Waals surface area contributed by atoms with Crippen LogP contribution in [0.3, 0.4) is 0 Å². The van der Waals surface area contributed by atoms with Crippen molar-refractivity contribution in [3.8, 4) is 0 Å². The van der Waals surface area contributed by atoms with Gasteiger partial charge in [-0.05, 0) is 6.92 Å². The molecule has 2 atom stereocenters. The summed E-state index contributed by atoms with van der Waals surface area (Å²) in [7, 11) is 0. The highest BCUT2D eigenvalue weighted by Crippen LogP contribution is 2.32. The van der Waals surface area contributed by atoms with E-state index < -0.39 is 0 Å². The molecule has 1 rings (SSSR count). The van der Waals surface area contributed by atoms with Gasteiger partial charge in [0.05, 0.1) is 10.4 Å². The molecule has 0 radical (unpaired) electrons. The van der Waals surface area contributed by atoms with Crippen molar-refractivity contribution >= 4 is 31.9 Å². The maximum Gasteiger partial charge on any atom is 0.0609 e. The molecule has 0 spiro atoms. The molecule has 0 aromatic rings. The van der Waals surface area contributed by atoms with Crippen molar-refractivity contribution in [2.75, 3.05) is 0 Å². The molecule has 56 valence electrons. The van der Waals surface area contributed by atoms with E-state index in [1.54, 1.807) is 0 Å². The number of halogens is 2. The second-order valence-electron chi connectivity index (χ2n) is 2.54. The topological polar surface area (TPSA) is 26.0 Å². The van der Waals surface area contributed by atoms with Crippen LogP contribution in [-0.2, 0) is 0 Å². The summed E-state index contributed by atoms with van der Waals surface area (Å²) in [6.07, 6.45) is 6.00. The molecule has 2 unspecified atom stereocenters. The molecule has 1 aliphatic rings. The van der Waals surface area contributed by atoms with Gasteiger partial charge in [0.25, 0.3) is 0 Å². The van der Waals surface area contributed by atoms with E-state index in [0.29, 0.717) is 0 Å². The number of nitrogens with two attached hydrogens (primary N) is 1. The Morgan fingerprint density at radius 2 is 2.30 bits per heavy atom. The van der Waals surface area contributed by atoms with Crippen molar-refractivity contribution < 1.29 is 0 Å². The molecule has 10 heavy (non-hydrogen) atoms. The van der Waals surface area contributed by atoms with Gasteiger partial charge >= 0.3 is 0 Å². The second kappa shape index (κ2) is 2.80. The van der Waals surface area contributed by atoms with Crippen molar-refractivity contribution in [1.82, 2.24) is 0 Å². The summed E-state index contributed by atoms with van der Waals surface area (Å²) in [5.41, 5.74) is 5.84. The Bertz CT molecular complexity index is 194. The zero-order chi connectivity index (χ0) is 7.78. The Labute approximate surface area is 77.6 Å². The lowest BCUT2D eigenvalue weighted by molar-refractivity contribution is 0.681. The van der Waals surface area contributed by atoms with Crippen LogP contribution in [0.4, 0.5) is 0 Å². The highest BCUT2D eigenvalue weighted by molar-refractivity contribution is 9.12. The van der Waals surface area contributed by atoms with Crippen LogP contribution >= 0.6 is 31.9 Å². The Morgan fingerprint density at radius 1 is 1.70 bits per heavy atom. The van der Waals surface area contributed by atoms with Crippen LogP contribution in [0.1, 0.15) is 6.92 Å². The summed E-state index contributed by atoms with van der Waals surface area (Å²) >= 11 is 6.90. The normalized spacial score (nSPS) is 39.6. The van der Waals surface area contributed by atoms with Crippen LogP contribution in [0.25, 0.3) is 0 Å². The summed E-state index contributed by atoms with van der Waals surface area (Å²) in [5, 5.41) is 0. The van der Waals surface area contributed by atoms with E-state index >= 15 is 0 Å².